The van der Waals surface area contributed by atoms with Crippen molar-refractivity contribution in [1.82, 2.24) is 0 Å². The molecule has 6 heteroatoms. The Kier molecular flexibility index (Phi) is 3.65. The fourth-order valence-electron chi connectivity index (χ4n) is 8.62. The van der Waals surface area contributed by atoms with Gasteiger partial charge in [-0.15, -0.1) is 0 Å². The Morgan fingerprint density at radius 1 is 1.17 bits per heavy atom. The molecule has 1 spiro atoms. The van der Waals surface area contributed by atoms with Crippen molar-refractivity contribution < 1.29 is 28.6 Å². The monoisotopic (exact) mass is 414 g/mol. The van der Waals surface area contributed by atoms with Crippen molar-refractivity contribution in [3.8, 4) is 0 Å². The first-order valence-corrected chi connectivity index (χ1v) is 11.4. The lowest BCUT2D eigenvalue weighted by Gasteiger charge is -2.58. The molecule has 5 unspecified atom stereocenters. The number of ether oxygens (including phenoxy) is 3. The Bertz CT molecular complexity index is 892. The molecule has 0 aromatic heterocycles. The third-order valence-electron chi connectivity index (χ3n) is 10.1. The van der Waals surface area contributed by atoms with Crippen LogP contribution in [0.5, 0.6) is 0 Å². The van der Waals surface area contributed by atoms with Gasteiger partial charge in [-0.2, -0.15) is 0 Å². The van der Waals surface area contributed by atoms with Gasteiger partial charge in [-0.1, -0.05) is 19.4 Å². The summed E-state index contributed by atoms with van der Waals surface area (Å²) in [7, 11) is 1.46. The normalized spacial score (nSPS) is 53.2. The average Bonchev–Trinajstić information content (AvgIpc) is 3.35. The summed E-state index contributed by atoms with van der Waals surface area (Å²) in [6.07, 6.45) is 6.91. The van der Waals surface area contributed by atoms with E-state index in [1.165, 1.54) is 7.11 Å². The minimum Gasteiger partial charge on any atom is -0.469 e. The standard InChI is InChI=1S/C24H30O6/c1-22-7-4-13(25)10-12(22)11-14(21(27)28-3)17-15-5-8-24(9-6-16(26)30-24)23(15,2)20-19(29-20)18(17)22/h10,14-15,17-20H,4-9,11H2,1-3H3/t14?,15?,17?,18?,19-,20-,22+,23-,24?/m1/s1. The van der Waals surface area contributed by atoms with Gasteiger partial charge in [0.05, 0.1) is 25.2 Å². The highest BCUT2D eigenvalue weighted by Gasteiger charge is 2.79. The van der Waals surface area contributed by atoms with Gasteiger partial charge in [-0.25, -0.2) is 0 Å². The highest BCUT2D eigenvalue weighted by molar-refractivity contribution is 5.92. The second-order valence-electron chi connectivity index (χ2n) is 10.9. The van der Waals surface area contributed by atoms with Crippen LogP contribution in [0.25, 0.3) is 0 Å². The summed E-state index contributed by atoms with van der Waals surface area (Å²) in [5.74, 6) is 0.176. The molecule has 0 bridgehead atoms. The Balaban J connectivity index is 1.48. The summed E-state index contributed by atoms with van der Waals surface area (Å²) in [4.78, 5) is 37.4. The van der Waals surface area contributed by atoms with Gasteiger partial charge >= 0.3 is 11.9 Å². The lowest BCUT2D eigenvalue weighted by atomic mass is 9.44. The first kappa shape index (κ1) is 19.0. The van der Waals surface area contributed by atoms with E-state index in [1.807, 2.05) is 0 Å². The molecule has 0 aromatic rings. The molecule has 0 aromatic carbocycles. The zero-order valence-electron chi connectivity index (χ0n) is 17.9. The van der Waals surface area contributed by atoms with E-state index in [1.54, 1.807) is 6.08 Å². The van der Waals surface area contributed by atoms with Crippen molar-refractivity contribution in [1.29, 1.82) is 0 Å². The van der Waals surface area contributed by atoms with E-state index >= 15 is 0 Å². The van der Waals surface area contributed by atoms with Crippen LogP contribution in [0.4, 0.5) is 0 Å². The highest BCUT2D eigenvalue weighted by atomic mass is 16.6. The molecular formula is C24H30O6. The van der Waals surface area contributed by atoms with Crippen molar-refractivity contribution in [2.75, 3.05) is 7.11 Å². The first-order chi connectivity index (χ1) is 14.2. The van der Waals surface area contributed by atoms with Gasteiger partial charge in [-0.3, -0.25) is 14.4 Å². The maximum absolute atomic E-state index is 13.0. The number of ketones is 1. The lowest BCUT2D eigenvalue weighted by molar-refractivity contribution is -0.172. The van der Waals surface area contributed by atoms with E-state index < -0.39 is 5.60 Å². The summed E-state index contributed by atoms with van der Waals surface area (Å²) in [6, 6.07) is 0. The third-order valence-corrected chi connectivity index (χ3v) is 10.1. The molecule has 0 N–H and O–H groups in total. The van der Waals surface area contributed by atoms with Gasteiger partial charge in [-0.05, 0) is 55.4 Å². The fraction of sp³-hybridized carbons (Fsp3) is 0.792. The van der Waals surface area contributed by atoms with Crippen molar-refractivity contribution in [2.24, 2.45) is 34.5 Å². The number of esters is 2. The molecule has 162 valence electrons. The zero-order valence-corrected chi connectivity index (χ0v) is 17.9. The van der Waals surface area contributed by atoms with Crippen LogP contribution >= 0.6 is 0 Å². The van der Waals surface area contributed by atoms with Gasteiger partial charge < -0.3 is 14.2 Å². The molecular weight excluding hydrogens is 384 g/mol. The second kappa shape index (κ2) is 5.76. The number of allylic oxidation sites excluding steroid dienone is 1. The fourth-order valence-corrected chi connectivity index (χ4v) is 8.62. The van der Waals surface area contributed by atoms with Gasteiger partial charge in [0, 0.05) is 24.2 Å². The smallest absolute Gasteiger partial charge is 0.309 e. The maximum Gasteiger partial charge on any atom is 0.309 e. The van der Waals surface area contributed by atoms with E-state index in [9.17, 15) is 14.4 Å². The number of carbonyl (C=O) groups is 3. The zero-order chi connectivity index (χ0) is 21.1. The number of hydrogen-bond acceptors (Lipinski definition) is 6. The summed E-state index contributed by atoms with van der Waals surface area (Å²) in [6.45, 7) is 4.52. The maximum atomic E-state index is 13.0. The molecule has 2 saturated heterocycles. The SMILES string of the molecule is COC(=O)C1CC2=CC(=O)CC[C@]2(C)C2C1C1CCC3(CCC(=O)O3)[C@@]1(C)[C@@H]1O[C@H]21. The Morgan fingerprint density at radius 3 is 2.67 bits per heavy atom. The lowest BCUT2D eigenvalue weighted by Crippen LogP contribution is -2.61. The molecule has 0 radical (unpaired) electrons. The van der Waals surface area contributed by atoms with Crippen LogP contribution in [0.3, 0.4) is 0 Å². The quantitative estimate of drug-likeness (QED) is 0.485. The Labute approximate surface area is 176 Å². The van der Waals surface area contributed by atoms with Gasteiger partial charge in [0.2, 0.25) is 0 Å². The van der Waals surface area contributed by atoms with Gasteiger partial charge in [0.15, 0.2) is 5.78 Å². The van der Waals surface area contributed by atoms with Crippen LogP contribution < -0.4 is 0 Å². The topological polar surface area (TPSA) is 82.2 Å². The average molecular weight is 414 g/mol. The molecule has 4 aliphatic carbocycles. The number of carbonyl (C=O) groups excluding carboxylic acids is 3. The largest absolute Gasteiger partial charge is 0.469 e. The van der Waals surface area contributed by atoms with Gasteiger partial charge in [0.1, 0.15) is 5.60 Å². The summed E-state index contributed by atoms with van der Waals surface area (Å²) in [5.41, 5.74) is 0.262. The highest BCUT2D eigenvalue weighted by Crippen LogP contribution is 2.75. The molecule has 6 aliphatic rings. The van der Waals surface area contributed by atoms with Crippen molar-refractivity contribution in [2.45, 2.75) is 76.6 Å². The molecule has 5 fully saturated rings. The van der Waals surface area contributed by atoms with Crippen molar-refractivity contribution >= 4 is 17.7 Å². The van der Waals surface area contributed by atoms with Crippen molar-refractivity contribution in [3.05, 3.63) is 11.6 Å². The van der Waals surface area contributed by atoms with E-state index in [-0.39, 0.29) is 64.4 Å². The Morgan fingerprint density at radius 2 is 1.97 bits per heavy atom. The Hall–Kier alpha value is -1.69. The summed E-state index contributed by atoms with van der Waals surface area (Å²) >= 11 is 0. The molecule has 2 aliphatic heterocycles. The predicted molar refractivity (Wildman–Crippen MR) is 105 cm³/mol. The number of hydrogen-bond donors (Lipinski definition) is 0. The minimum absolute atomic E-state index is 0.0552. The van der Waals surface area contributed by atoms with Crippen molar-refractivity contribution in [3.63, 3.8) is 0 Å². The van der Waals surface area contributed by atoms with Crippen LogP contribution in [0, 0.1) is 34.5 Å². The van der Waals surface area contributed by atoms with Gasteiger partial charge in [0.25, 0.3) is 0 Å². The molecule has 6 rings (SSSR count). The molecule has 6 nitrogen and oxygen atoms in total. The first-order valence-electron chi connectivity index (χ1n) is 11.4. The number of epoxide rings is 1. The minimum atomic E-state index is -0.459. The molecule has 30 heavy (non-hydrogen) atoms. The number of rotatable bonds is 1. The molecule has 0 amide bonds. The van der Waals surface area contributed by atoms with Crippen LogP contribution in [-0.4, -0.2) is 42.6 Å². The molecule has 3 saturated carbocycles. The predicted octanol–water partition coefficient (Wildman–Crippen LogP) is 2.98. The summed E-state index contributed by atoms with van der Waals surface area (Å²) in [5, 5.41) is 0. The van der Waals surface area contributed by atoms with Crippen LogP contribution in [-0.2, 0) is 28.6 Å². The van der Waals surface area contributed by atoms with E-state index in [4.69, 9.17) is 14.2 Å². The van der Waals surface area contributed by atoms with E-state index in [0.29, 0.717) is 19.3 Å². The number of methoxy groups -OCH3 is 1. The van der Waals surface area contributed by atoms with E-state index in [2.05, 4.69) is 13.8 Å². The number of fused-ring (bicyclic) bond motifs is 9. The van der Waals surface area contributed by atoms with Crippen LogP contribution in [0.2, 0.25) is 0 Å². The van der Waals surface area contributed by atoms with Crippen LogP contribution in [0.15, 0.2) is 11.6 Å². The molecule has 9 atom stereocenters. The van der Waals surface area contributed by atoms with E-state index in [0.717, 1.165) is 31.3 Å². The third kappa shape index (κ3) is 2.07. The van der Waals surface area contributed by atoms with Crippen LogP contribution in [0.1, 0.15) is 58.8 Å². The second-order valence-corrected chi connectivity index (χ2v) is 10.9. The summed E-state index contributed by atoms with van der Waals surface area (Å²) < 4.78 is 17.7. The molecule has 2 heterocycles.